The normalized spacial score (nSPS) is 11.6. The molecule has 1 N–H and O–H groups in total. The maximum absolute atomic E-state index is 6.09. The van der Waals surface area contributed by atoms with E-state index in [1.54, 1.807) is 21.3 Å². The van der Waals surface area contributed by atoms with Gasteiger partial charge in [-0.15, -0.1) is 0 Å². The van der Waals surface area contributed by atoms with E-state index in [-0.39, 0.29) is 0 Å². The van der Waals surface area contributed by atoms with E-state index >= 15 is 0 Å². The fourth-order valence-corrected chi connectivity index (χ4v) is 4.35. The van der Waals surface area contributed by atoms with Crippen molar-refractivity contribution >= 4 is 0 Å². The van der Waals surface area contributed by atoms with Crippen molar-refractivity contribution in [3.8, 4) is 57.0 Å². The summed E-state index contributed by atoms with van der Waals surface area (Å²) in [6.45, 7) is 7.40. The van der Waals surface area contributed by atoms with Crippen molar-refractivity contribution < 1.29 is 28.4 Å². The summed E-state index contributed by atoms with van der Waals surface area (Å²) in [5.74, 6) is 3.66. The highest BCUT2D eigenvalue weighted by Gasteiger charge is 2.33. The van der Waals surface area contributed by atoms with Crippen LogP contribution in [-0.4, -0.2) is 51.3 Å². The van der Waals surface area contributed by atoms with Gasteiger partial charge in [0.2, 0.25) is 11.5 Å². The first-order valence-corrected chi connectivity index (χ1v) is 11.1. The highest BCUT2D eigenvalue weighted by atomic mass is 16.5. The number of fused-ring (bicyclic) bond motifs is 3. The lowest BCUT2D eigenvalue weighted by atomic mass is 10.0. The molecule has 0 amide bonds. The van der Waals surface area contributed by atoms with Gasteiger partial charge >= 0.3 is 0 Å². The van der Waals surface area contributed by atoms with E-state index in [1.807, 2.05) is 39.0 Å². The molecule has 0 radical (unpaired) electrons. The average molecular weight is 455 g/mol. The minimum Gasteiger partial charge on any atom is -0.493 e. The van der Waals surface area contributed by atoms with E-state index in [9.17, 15) is 0 Å². The van der Waals surface area contributed by atoms with Gasteiger partial charge in [-0.05, 0) is 44.5 Å². The predicted octanol–water partition coefficient (Wildman–Crippen LogP) is 4.87. The molecule has 1 aliphatic rings. The standard InChI is InChI=1S/C25H30N2O6/c1-7-31-18-13-14-12-16-20(15-10-11-17(28-4)23(30-6)22(15)29-5)26-27-21(16)19(14)25(33-9-3)24(18)32-8-2/h10-11,13H,7-9,12H2,1-6H3,(H,26,27). The zero-order chi connectivity index (χ0) is 23.5. The van der Waals surface area contributed by atoms with E-state index in [2.05, 4.69) is 10.2 Å². The van der Waals surface area contributed by atoms with E-state index in [0.29, 0.717) is 60.7 Å². The number of ether oxygens (including phenoxy) is 6. The molecule has 0 fully saturated rings. The number of aromatic nitrogens is 2. The molecule has 0 atom stereocenters. The molecule has 8 heteroatoms. The number of nitrogens with zero attached hydrogens (tertiary/aromatic N) is 1. The molecule has 1 aromatic heterocycles. The summed E-state index contributed by atoms with van der Waals surface area (Å²) in [4.78, 5) is 0. The molecule has 0 unspecified atom stereocenters. The lowest BCUT2D eigenvalue weighted by molar-refractivity contribution is 0.261. The van der Waals surface area contributed by atoms with Gasteiger partial charge < -0.3 is 28.4 Å². The maximum Gasteiger partial charge on any atom is 0.204 e. The fraction of sp³-hybridized carbons (Fsp3) is 0.400. The van der Waals surface area contributed by atoms with E-state index in [0.717, 1.165) is 33.6 Å². The second-order valence-electron chi connectivity index (χ2n) is 7.35. The fourth-order valence-electron chi connectivity index (χ4n) is 4.35. The SMILES string of the molecule is CCOc1cc2c(c(OCC)c1OCC)-c1[nH]nc(-c3ccc(OC)c(OC)c3OC)c1C2. The second kappa shape index (κ2) is 9.52. The molecule has 0 spiro atoms. The summed E-state index contributed by atoms with van der Waals surface area (Å²) < 4.78 is 34.7. The van der Waals surface area contributed by atoms with Gasteiger partial charge in [-0.3, -0.25) is 5.10 Å². The first-order chi connectivity index (χ1) is 16.1. The molecule has 0 bridgehead atoms. The Balaban J connectivity index is 1.90. The van der Waals surface area contributed by atoms with Gasteiger partial charge in [-0.2, -0.15) is 5.10 Å². The third-order valence-corrected chi connectivity index (χ3v) is 5.60. The minimum absolute atomic E-state index is 0.502. The van der Waals surface area contributed by atoms with Crippen molar-refractivity contribution in [2.45, 2.75) is 27.2 Å². The summed E-state index contributed by atoms with van der Waals surface area (Å²) >= 11 is 0. The maximum atomic E-state index is 6.09. The Morgan fingerprint density at radius 2 is 1.48 bits per heavy atom. The number of aromatic amines is 1. The van der Waals surface area contributed by atoms with Crippen LogP contribution in [0.25, 0.3) is 22.5 Å². The van der Waals surface area contributed by atoms with Crippen LogP contribution in [0.15, 0.2) is 18.2 Å². The van der Waals surface area contributed by atoms with Crippen molar-refractivity contribution in [3.63, 3.8) is 0 Å². The summed E-state index contributed by atoms with van der Waals surface area (Å²) in [5.41, 5.74) is 5.61. The van der Waals surface area contributed by atoms with Crippen LogP contribution in [0.2, 0.25) is 0 Å². The molecule has 0 saturated heterocycles. The van der Waals surface area contributed by atoms with Crippen molar-refractivity contribution in [2.75, 3.05) is 41.2 Å². The van der Waals surface area contributed by atoms with Crippen LogP contribution in [-0.2, 0) is 6.42 Å². The van der Waals surface area contributed by atoms with Crippen molar-refractivity contribution in [1.82, 2.24) is 10.2 Å². The summed E-state index contributed by atoms with van der Waals surface area (Å²) in [7, 11) is 4.80. The van der Waals surface area contributed by atoms with Gasteiger partial charge in [-0.1, -0.05) is 0 Å². The first kappa shape index (κ1) is 22.6. The van der Waals surface area contributed by atoms with Crippen molar-refractivity contribution in [3.05, 3.63) is 29.3 Å². The molecule has 1 aliphatic carbocycles. The summed E-state index contributed by atoms with van der Waals surface area (Å²) in [6.07, 6.45) is 0.667. The monoisotopic (exact) mass is 454 g/mol. The lowest BCUT2D eigenvalue weighted by Gasteiger charge is -2.18. The summed E-state index contributed by atoms with van der Waals surface area (Å²) in [5, 5.41) is 7.88. The zero-order valence-electron chi connectivity index (χ0n) is 20.0. The predicted molar refractivity (Wildman–Crippen MR) is 125 cm³/mol. The Labute approximate surface area is 193 Å². The van der Waals surface area contributed by atoms with Crippen LogP contribution >= 0.6 is 0 Å². The Hall–Kier alpha value is -3.55. The molecule has 0 saturated carbocycles. The van der Waals surface area contributed by atoms with Gasteiger partial charge in [-0.25, -0.2) is 0 Å². The Kier molecular flexibility index (Phi) is 6.53. The number of methoxy groups -OCH3 is 3. The third-order valence-electron chi connectivity index (χ3n) is 5.60. The van der Waals surface area contributed by atoms with E-state index < -0.39 is 0 Å². The van der Waals surface area contributed by atoms with Crippen LogP contribution in [0.1, 0.15) is 31.9 Å². The van der Waals surface area contributed by atoms with Crippen LogP contribution in [0, 0.1) is 0 Å². The van der Waals surface area contributed by atoms with Gasteiger partial charge in [0.25, 0.3) is 0 Å². The van der Waals surface area contributed by atoms with Crippen molar-refractivity contribution in [2.24, 2.45) is 0 Å². The molecule has 33 heavy (non-hydrogen) atoms. The number of nitrogens with one attached hydrogen (secondary N) is 1. The van der Waals surface area contributed by atoms with E-state index in [4.69, 9.17) is 28.4 Å². The van der Waals surface area contributed by atoms with Gasteiger partial charge in [0.05, 0.1) is 46.8 Å². The number of H-pyrrole nitrogens is 1. The molecular formula is C25H30N2O6. The largest absolute Gasteiger partial charge is 0.493 e. The molecule has 3 aromatic rings. The first-order valence-electron chi connectivity index (χ1n) is 11.1. The Morgan fingerprint density at radius 1 is 0.788 bits per heavy atom. The Bertz CT molecular complexity index is 1150. The average Bonchev–Trinajstić information content (AvgIpc) is 3.39. The third kappa shape index (κ3) is 3.69. The summed E-state index contributed by atoms with van der Waals surface area (Å²) in [6, 6.07) is 5.82. The molecular weight excluding hydrogens is 424 g/mol. The van der Waals surface area contributed by atoms with Crippen LogP contribution in [0.3, 0.4) is 0 Å². The van der Waals surface area contributed by atoms with Crippen LogP contribution < -0.4 is 28.4 Å². The number of hydrogen-bond acceptors (Lipinski definition) is 7. The Morgan fingerprint density at radius 3 is 2.12 bits per heavy atom. The van der Waals surface area contributed by atoms with Crippen LogP contribution in [0.5, 0.6) is 34.5 Å². The van der Waals surface area contributed by atoms with Gasteiger partial charge in [0, 0.05) is 23.1 Å². The van der Waals surface area contributed by atoms with Gasteiger partial charge in [0.15, 0.2) is 23.0 Å². The van der Waals surface area contributed by atoms with Crippen molar-refractivity contribution in [1.29, 1.82) is 0 Å². The number of hydrogen-bond donors (Lipinski definition) is 1. The van der Waals surface area contributed by atoms with Gasteiger partial charge in [0.1, 0.15) is 5.69 Å². The lowest BCUT2D eigenvalue weighted by Crippen LogP contribution is -2.04. The topological polar surface area (TPSA) is 84.1 Å². The minimum atomic E-state index is 0.502. The molecule has 176 valence electrons. The van der Waals surface area contributed by atoms with E-state index in [1.165, 1.54) is 0 Å². The zero-order valence-corrected chi connectivity index (χ0v) is 20.0. The smallest absolute Gasteiger partial charge is 0.204 e. The molecule has 8 nitrogen and oxygen atoms in total. The second-order valence-corrected chi connectivity index (χ2v) is 7.35. The van der Waals surface area contributed by atoms with Crippen LogP contribution in [0.4, 0.5) is 0 Å². The number of rotatable bonds is 10. The molecule has 4 rings (SSSR count). The quantitative estimate of drug-likeness (QED) is 0.366. The molecule has 0 aliphatic heterocycles. The molecule has 2 aromatic carbocycles. The molecule has 1 heterocycles. The highest BCUT2D eigenvalue weighted by molar-refractivity contribution is 5.89. The highest BCUT2D eigenvalue weighted by Crippen LogP contribution is 2.54. The number of benzene rings is 2.